The second kappa shape index (κ2) is 7.02. The maximum Gasteiger partial charge on any atom is 0 e. The number of hydrogen-bond acceptors (Lipinski definition) is 0. The second-order valence-corrected chi connectivity index (χ2v) is 4.97. The fourth-order valence-electron chi connectivity index (χ4n) is 2.44. The Balaban J connectivity index is 0.00000162. The molecule has 0 aliphatic rings. The Labute approximate surface area is 153 Å². The van der Waals surface area contributed by atoms with Crippen LogP contribution in [0.2, 0.25) is 0 Å². The molecule has 1 heteroatoms. The molecule has 0 nitrogen and oxygen atoms in total. The molecule has 0 N–H and O–H groups in total. The number of hydrogen-bond donors (Lipinski definition) is 0. The quantitative estimate of drug-likeness (QED) is 0.547. The summed E-state index contributed by atoms with van der Waals surface area (Å²) in [5, 5.41) is 2.69. The molecular formula is C17H20K. The van der Waals surface area contributed by atoms with Crippen molar-refractivity contribution >= 4 is 62.2 Å². The van der Waals surface area contributed by atoms with E-state index in [-0.39, 0.29) is 51.4 Å². The third-order valence-electron chi connectivity index (χ3n) is 3.44. The fourth-order valence-corrected chi connectivity index (χ4v) is 2.44. The van der Waals surface area contributed by atoms with Crippen molar-refractivity contribution in [3.05, 3.63) is 60.2 Å². The van der Waals surface area contributed by atoms with Crippen LogP contribution in [0.4, 0.5) is 0 Å². The van der Waals surface area contributed by atoms with E-state index in [1.807, 2.05) is 6.08 Å². The SMILES string of the molecule is C=CC(C)c1c(C(C)C)ccc2ccccc12.[K]. The predicted octanol–water partition coefficient (Wildman–Crippen LogP) is 4.87. The Bertz CT molecular complexity index is 540. The third-order valence-corrected chi connectivity index (χ3v) is 3.44. The molecule has 0 fully saturated rings. The van der Waals surface area contributed by atoms with Crippen LogP contribution in [0.3, 0.4) is 0 Å². The summed E-state index contributed by atoms with van der Waals surface area (Å²) in [4.78, 5) is 0. The molecule has 2 aromatic carbocycles. The topological polar surface area (TPSA) is 0 Å². The number of benzene rings is 2. The molecule has 89 valence electrons. The van der Waals surface area contributed by atoms with Crippen LogP contribution < -0.4 is 0 Å². The zero-order valence-corrected chi connectivity index (χ0v) is 15.0. The zero-order valence-electron chi connectivity index (χ0n) is 11.9. The number of fused-ring (bicyclic) bond motifs is 1. The molecule has 0 aromatic heterocycles. The molecule has 0 saturated heterocycles. The van der Waals surface area contributed by atoms with E-state index in [1.54, 1.807) is 0 Å². The van der Waals surface area contributed by atoms with Crippen molar-refractivity contribution in [2.24, 2.45) is 0 Å². The summed E-state index contributed by atoms with van der Waals surface area (Å²) >= 11 is 0. The van der Waals surface area contributed by atoms with Crippen molar-refractivity contribution in [1.82, 2.24) is 0 Å². The van der Waals surface area contributed by atoms with E-state index in [0.29, 0.717) is 11.8 Å². The largest absolute Gasteiger partial charge is 0.102 e. The van der Waals surface area contributed by atoms with Gasteiger partial charge in [0.15, 0.2) is 0 Å². The van der Waals surface area contributed by atoms with Gasteiger partial charge in [-0.05, 0) is 33.7 Å². The maximum atomic E-state index is 3.94. The monoisotopic (exact) mass is 263 g/mol. The first kappa shape index (κ1) is 16.1. The molecular weight excluding hydrogens is 243 g/mol. The van der Waals surface area contributed by atoms with Crippen LogP contribution >= 0.6 is 0 Å². The molecule has 0 saturated carbocycles. The summed E-state index contributed by atoms with van der Waals surface area (Å²) in [7, 11) is 0. The van der Waals surface area contributed by atoms with Crippen LogP contribution in [-0.4, -0.2) is 51.4 Å². The average molecular weight is 263 g/mol. The van der Waals surface area contributed by atoms with Crippen molar-refractivity contribution in [1.29, 1.82) is 0 Å². The minimum absolute atomic E-state index is 0. The van der Waals surface area contributed by atoms with E-state index in [1.165, 1.54) is 21.9 Å². The van der Waals surface area contributed by atoms with Crippen molar-refractivity contribution in [3.8, 4) is 0 Å². The molecule has 0 spiro atoms. The Morgan fingerprint density at radius 3 is 2.28 bits per heavy atom. The van der Waals surface area contributed by atoms with E-state index in [0.717, 1.165) is 0 Å². The summed E-state index contributed by atoms with van der Waals surface area (Å²) in [5.74, 6) is 0.954. The number of rotatable bonds is 3. The van der Waals surface area contributed by atoms with Crippen molar-refractivity contribution in [3.63, 3.8) is 0 Å². The van der Waals surface area contributed by atoms with Gasteiger partial charge in [-0.3, -0.25) is 0 Å². The average Bonchev–Trinajstić information content (AvgIpc) is 2.36. The van der Waals surface area contributed by atoms with Crippen molar-refractivity contribution < 1.29 is 0 Å². The molecule has 2 rings (SSSR count). The molecule has 0 bridgehead atoms. The van der Waals surface area contributed by atoms with Gasteiger partial charge in [-0.1, -0.05) is 63.2 Å². The van der Waals surface area contributed by atoms with E-state index < -0.39 is 0 Å². The summed E-state index contributed by atoms with van der Waals surface area (Å²) in [6.07, 6.45) is 2.04. The molecule has 0 amide bonds. The molecule has 2 aromatic rings. The fraction of sp³-hybridized carbons (Fsp3) is 0.294. The van der Waals surface area contributed by atoms with Gasteiger partial charge in [0.25, 0.3) is 0 Å². The van der Waals surface area contributed by atoms with E-state index in [9.17, 15) is 0 Å². The smallest absolute Gasteiger partial charge is 0 e. The van der Waals surface area contributed by atoms with Crippen LogP contribution in [0.15, 0.2) is 49.1 Å². The maximum absolute atomic E-state index is 3.94. The predicted molar refractivity (Wildman–Crippen MR) is 82.4 cm³/mol. The van der Waals surface area contributed by atoms with Gasteiger partial charge in [0.05, 0.1) is 0 Å². The Kier molecular flexibility index (Phi) is 6.29. The Morgan fingerprint density at radius 1 is 1.00 bits per heavy atom. The van der Waals surface area contributed by atoms with E-state index in [4.69, 9.17) is 0 Å². The van der Waals surface area contributed by atoms with Crippen LogP contribution in [0.1, 0.15) is 43.7 Å². The van der Waals surface area contributed by atoms with Crippen molar-refractivity contribution in [2.45, 2.75) is 32.6 Å². The first-order chi connectivity index (χ1) is 8.15. The summed E-state index contributed by atoms with van der Waals surface area (Å²) in [6.45, 7) is 10.7. The van der Waals surface area contributed by atoms with Crippen LogP contribution in [0, 0.1) is 0 Å². The summed E-state index contributed by atoms with van der Waals surface area (Å²) in [6, 6.07) is 13.1. The van der Waals surface area contributed by atoms with Gasteiger partial charge >= 0.3 is 0 Å². The van der Waals surface area contributed by atoms with Gasteiger partial charge in [-0.15, -0.1) is 6.58 Å². The van der Waals surface area contributed by atoms with Gasteiger partial charge < -0.3 is 0 Å². The van der Waals surface area contributed by atoms with Gasteiger partial charge in [0.2, 0.25) is 0 Å². The van der Waals surface area contributed by atoms with E-state index >= 15 is 0 Å². The molecule has 0 aliphatic heterocycles. The summed E-state index contributed by atoms with van der Waals surface area (Å²) in [5.41, 5.74) is 2.88. The standard InChI is InChI=1S/C17H20.K/c1-5-13(4)17-15(12(2)3)11-10-14-8-6-7-9-16(14)17;/h5-13H,1H2,2-4H3;. The van der Waals surface area contributed by atoms with Gasteiger partial charge in [-0.2, -0.15) is 0 Å². The first-order valence-electron chi connectivity index (χ1n) is 6.29. The number of allylic oxidation sites excluding steroid dienone is 1. The molecule has 18 heavy (non-hydrogen) atoms. The minimum atomic E-state index is 0. The molecule has 1 radical (unpaired) electrons. The summed E-state index contributed by atoms with van der Waals surface area (Å²) < 4.78 is 0. The first-order valence-corrected chi connectivity index (χ1v) is 6.29. The van der Waals surface area contributed by atoms with Gasteiger partial charge in [-0.25, -0.2) is 0 Å². The Morgan fingerprint density at radius 2 is 1.67 bits per heavy atom. The Hall–Kier alpha value is 0.0764. The normalized spacial score (nSPS) is 12.2. The van der Waals surface area contributed by atoms with E-state index in [2.05, 4.69) is 63.7 Å². The molecule has 1 unspecified atom stereocenters. The molecule has 0 aliphatic carbocycles. The minimum Gasteiger partial charge on any atom is -0.102 e. The van der Waals surface area contributed by atoms with Crippen LogP contribution in [-0.2, 0) is 0 Å². The third kappa shape index (κ3) is 3.15. The van der Waals surface area contributed by atoms with Gasteiger partial charge in [0.1, 0.15) is 0 Å². The molecule has 1 atom stereocenters. The molecule has 0 heterocycles. The van der Waals surface area contributed by atoms with Crippen molar-refractivity contribution in [2.75, 3.05) is 0 Å². The van der Waals surface area contributed by atoms with Gasteiger partial charge in [0, 0.05) is 51.4 Å². The zero-order chi connectivity index (χ0) is 12.4. The van der Waals surface area contributed by atoms with Crippen LogP contribution in [0.5, 0.6) is 0 Å². The van der Waals surface area contributed by atoms with Crippen LogP contribution in [0.25, 0.3) is 10.8 Å². The second-order valence-electron chi connectivity index (χ2n) is 4.97.